The Hall–Kier alpha value is -1.70. The molecule has 0 atom stereocenters. The molecule has 89 valence electrons. The van der Waals surface area contributed by atoms with Crippen LogP contribution in [0, 0.1) is 5.92 Å². The molecule has 2 aromatic rings. The Kier molecular flexibility index (Phi) is 3.52. The molecule has 0 unspecified atom stereocenters. The largest absolute Gasteiger partial charge is 0.493 e. The molecule has 0 saturated heterocycles. The van der Waals surface area contributed by atoms with Crippen LogP contribution < -0.4 is 10.5 Å². The van der Waals surface area contributed by atoms with Crippen LogP contribution in [0.15, 0.2) is 36.4 Å². The van der Waals surface area contributed by atoms with E-state index in [0.717, 1.165) is 29.5 Å². The van der Waals surface area contributed by atoms with E-state index < -0.39 is 0 Å². The van der Waals surface area contributed by atoms with Crippen LogP contribution >= 0.6 is 0 Å². The Bertz CT molecular complexity index is 505. The van der Waals surface area contributed by atoms with Gasteiger partial charge in [0.2, 0.25) is 0 Å². The van der Waals surface area contributed by atoms with Crippen LogP contribution in [0.1, 0.15) is 20.3 Å². The van der Waals surface area contributed by atoms with Gasteiger partial charge >= 0.3 is 0 Å². The monoisotopic (exact) mass is 228 g/mol. The minimum Gasteiger partial charge on any atom is -0.493 e. The normalized spacial score (nSPS) is 11.0. The summed E-state index contributed by atoms with van der Waals surface area (Å²) in [4.78, 5) is 0. The lowest BCUT2D eigenvalue weighted by molar-refractivity contribution is 0.292. The van der Waals surface area contributed by atoms with E-state index in [9.17, 15) is 0 Å². The lowest BCUT2D eigenvalue weighted by atomic mass is 10.1. The van der Waals surface area contributed by atoms with Crippen LogP contribution in [0.4, 0.5) is 5.69 Å². The van der Waals surface area contributed by atoms with E-state index in [1.807, 2.05) is 30.3 Å². The van der Waals surface area contributed by atoms with Gasteiger partial charge in [0, 0.05) is 10.8 Å². The van der Waals surface area contributed by atoms with Crippen LogP contribution in [0.2, 0.25) is 0 Å². The average Bonchev–Trinajstić information content (AvgIpc) is 2.30. The van der Waals surface area contributed by atoms with Gasteiger partial charge in [0.15, 0.2) is 0 Å². The number of ether oxygens (including phenoxy) is 1. The lowest BCUT2D eigenvalue weighted by Gasteiger charge is -2.11. The predicted molar refractivity (Wildman–Crippen MR) is 71.7 cm³/mol. The van der Waals surface area contributed by atoms with E-state index in [1.165, 1.54) is 0 Å². The number of nitrogens with one attached hydrogen (secondary N) is 1. The summed E-state index contributed by atoms with van der Waals surface area (Å²) in [5, 5.41) is 1.98. The molecular formula is C15H18NO. The first-order valence-electron chi connectivity index (χ1n) is 6.04. The van der Waals surface area contributed by atoms with Gasteiger partial charge in [0.25, 0.3) is 0 Å². The van der Waals surface area contributed by atoms with E-state index in [4.69, 9.17) is 10.5 Å². The Labute approximate surface area is 102 Å². The van der Waals surface area contributed by atoms with Crippen molar-refractivity contribution in [2.75, 3.05) is 6.61 Å². The summed E-state index contributed by atoms with van der Waals surface area (Å²) in [6.45, 7) is 5.11. The summed E-state index contributed by atoms with van der Waals surface area (Å²) >= 11 is 0. The average molecular weight is 228 g/mol. The minimum absolute atomic E-state index is 0.553. The molecule has 2 nitrogen and oxygen atoms in total. The maximum atomic E-state index is 7.85. The highest BCUT2D eigenvalue weighted by Crippen LogP contribution is 2.29. The molecule has 0 aliphatic rings. The van der Waals surface area contributed by atoms with E-state index in [0.29, 0.717) is 11.6 Å². The van der Waals surface area contributed by atoms with E-state index in [1.54, 1.807) is 6.07 Å². The zero-order chi connectivity index (χ0) is 12.3. The number of rotatable bonds is 4. The quantitative estimate of drug-likeness (QED) is 0.772. The fourth-order valence-corrected chi connectivity index (χ4v) is 1.81. The van der Waals surface area contributed by atoms with Crippen molar-refractivity contribution in [3.8, 4) is 5.75 Å². The maximum Gasteiger partial charge on any atom is 0.127 e. The summed E-state index contributed by atoms with van der Waals surface area (Å²) in [7, 11) is 0. The molecule has 17 heavy (non-hydrogen) atoms. The third-order valence-corrected chi connectivity index (χ3v) is 2.83. The second kappa shape index (κ2) is 5.09. The van der Waals surface area contributed by atoms with Crippen LogP contribution in [0.5, 0.6) is 5.75 Å². The summed E-state index contributed by atoms with van der Waals surface area (Å²) in [6.07, 6.45) is 1.05. The van der Waals surface area contributed by atoms with Gasteiger partial charge in [0.05, 0.1) is 12.3 Å². The van der Waals surface area contributed by atoms with Gasteiger partial charge in [-0.2, -0.15) is 0 Å². The summed E-state index contributed by atoms with van der Waals surface area (Å²) in [5.41, 5.74) is 8.40. The molecule has 0 amide bonds. The SMILES string of the molecule is CC(C)CCOc1cccc2c([NH])cccc12. The highest BCUT2D eigenvalue weighted by Gasteiger charge is 2.04. The molecule has 0 saturated carbocycles. The summed E-state index contributed by atoms with van der Waals surface area (Å²) in [5.74, 6) is 1.54. The molecule has 0 aliphatic heterocycles. The lowest BCUT2D eigenvalue weighted by Crippen LogP contribution is -2.01. The Balaban J connectivity index is 2.25. The third-order valence-electron chi connectivity index (χ3n) is 2.83. The van der Waals surface area contributed by atoms with Crippen molar-refractivity contribution in [3.63, 3.8) is 0 Å². The minimum atomic E-state index is 0.553. The second-order valence-electron chi connectivity index (χ2n) is 4.69. The zero-order valence-corrected chi connectivity index (χ0v) is 10.4. The summed E-state index contributed by atoms with van der Waals surface area (Å²) in [6, 6.07) is 11.6. The van der Waals surface area contributed by atoms with Crippen molar-refractivity contribution >= 4 is 16.5 Å². The van der Waals surface area contributed by atoms with Crippen molar-refractivity contribution < 1.29 is 4.74 Å². The smallest absolute Gasteiger partial charge is 0.127 e. The van der Waals surface area contributed by atoms with Crippen molar-refractivity contribution in [2.45, 2.75) is 20.3 Å². The van der Waals surface area contributed by atoms with Crippen molar-refractivity contribution in [1.29, 1.82) is 0 Å². The van der Waals surface area contributed by atoms with E-state index in [2.05, 4.69) is 13.8 Å². The third kappa shape index (κ3) is 2.70. The van der Waals surface area contributed by atoms with E-state index in [-0.39, 0.29) is 0 Å². The fourth-order valence-electron chi connectivity index (χ4n) is 1.81. The highest BCUT2D eigenvalue weighted by atomic mass is 16.5. The highest BCUT2D eigenvalue weighted by molar-refractivity contribution is 5.95. The van der Waals surface area contributed by atoms with Gasteiger partial charge in [-0.25, -0.2) is 0 Å². The summed E-state index contributed by atoms with van der Waals surface area (Å²) < 4.78 is 5.80. The van der Waals surface area contributed by atoms with Crippen LogP contribution in [-0.4, -0.2) is 6.61 Å². The van der Waals surface area contributed by atoms with Crippen LogP contribution in [0.25, 0.3) is 10.8 Å². The van der Waals surface area contributed by atoms with E-state index >= 15 is 0 Å². The van der Waals surface area contributed by atoms with Crippen molar-refractivity contribution in [3.05, 3.63) is 36.4 Å². The van der Waals surface area contributed by atoms with Crippen LogP contribution in [0.3, 0.4) is 0 Å². The molecule has 1 N–H and O–H groups in total. The van der Waals surface area contributed by atoms with Gasteiger partial charge < -0.3 is 10.5 Å². The molecule has 2 aromatic carbocycles. The second-order valence-corrected chi connectivity index (χ2v) is 4.69. The number of hydrogen-bond donors (Lipinski definition) is 0. The van der Waals surface area contributed by atoms with Crippen molar-refractivity contribution in [1.82, 2.24) is 5.73 Å². The van der Waals surface area contributed by atoms with Gasteiger partial charge in [-0.15, -0.1) is 0 Å². The number of hydrogen-bond acceptors (Lipinski definition) is 1. The first kappa shape index (κ1) is 11.8. The topological polar surface area (TPSA) is 33.0 Å². The molecule has 0 fully saturated rings. The zero-order valence-electron chi connectivity index (χ0n) is 10.4. The first-order valence-corrected chi connectivity index (χ1v) is 6.04. The Morgan fingerprint density at radius 2 is 1.76 bits per heavy atom. The standard InChI is InChI=1S/C15H18NO/c1-11(2)9-10-17-15-8-4-5-12-13(15)6-3-7-14(12)16/h3-8,11,16H,9-10H2,1-2H3. The number of benzene rings is 2. The molecule has 0 aliphatic carbocycles. The molecule has 2 heteroatoms. The van der Waals surface area contributed by atoms with Crippen molar-refractivity contribution in [2.24, 2.45) is 5.92 Å². The fraction of sp³-hybridized carbons (Fsp3) is 0.333. The molecule has 0 heterocycles. The van der Waals surface area contributed by atoms with Gasteiger partial charge in [0.1, 0.15) is 5.75 Å². The molecule has 0 spiro atoms. The molecule has 0 aromatic heterocycles. The maximum absolute atomic E-state index is 7.85. The first-order chi connectivity index (χ1) is 8.18. The molecular weight excluding hydrogens is 210 g/mol. The Morgan fingerprint density at radius 3 is 2.53 bits per heavy atom. The number of fused-ring (bicyclic) bond motifs is 1. The van der Waals surface area contributed by atoms with Crippen LogP contribution in [-0.2, 0) is 0 Å². The predicted octanol–water partition coefficient (Wildman–Crippen LogP) is 4.18. The van der Waals surface area contributed by atoms with Gasteiger partial charge in [-0.1, -0.05) is 38.1 Å². The molecule has 0 bridgehead atoms. The van der Waals surface area contributed by atoms with Gasteiger partial charge in [-0.05, 0) is 24.5 Å². The molecule has 2 rings (SSSR count). The van der Waals surface area contributed by atoms with Gasteiger partial charge in [-0.3, -0.25) is 0 Å². The Morgan fingerprint density at radius 1 is 1.06 bits per heavy atom. The molecule has 1 radical (unpaired) electrons.